The summed E-state index contributed by atoms with van der Waals surface area (Å²) in [4.78, 5) is 22.0. The molecule has 0 fully saturated rings. The molecule has 0 saturated carbocycles. The molecule has 5 nitrogen and oxygen atoms in total. The maximum atomic E-state index is 11.6. The molecule has 0 aromatic carbocycles. The Morgan fingerprint density at radius 2 is 1.34 bits per heavy atom. The number of carbonyl (C=O) groups excluding carboxylic acids is 1. The number of carboxylic acids is 1. The first kappa shape index (κ1) is 26.9. The summed E-state index contributed by atoms with van der Waals surface area (Å²) in [6.45, 7) is 2.20. The molecule has 0 bridgehead atoms. The Kier molecular flexibility index (Phi) is 19.1. The fraction of sp³-hybridized carbons (Fsp3) is 0.583. The Morgan fingerprint density at radius 1 is 0.828 bits per heavy atom. The van der Waals surface area contributed by atoms with Crippen molar-refractivity contribution in [1.29, 1.82) is 0 Å². The molecule has 1 atom stereocenters. The number of carboxylic acid groups (broad SMARTS) is 1. The van der Waals surface area contributed by atoms with Crippen molar-refractivity contribution < 1.29 is 19.8 Å². The standard InChI is InChI=1S/C24H39NO4/c1-2-3-4-5-6-7-8-9-10-11-12-13-14-15-16-17-18-19-23(27)25-21-22(26)20-24(28)29/h6-7,9-10,12-13,15-16,22,26H,2-5,8,11,14,17-21H2,1H3,(H,25,27)(H,28,29)/b7-6-,10-9-,13-12-,16-15-. The average molecular weight is 406 g/mol. The molecule has 0 saturated heterocycles. The third-order valence-electron chi connectivity index (χ3n) is 4.18. The lowest BCUT2D eigenvalue weighted by Crippen LogP contribution is -2.33. The van der Waals surface area contributed by atoms with Gasteiger partial charge in [0.15, 0.2) is 0 Å². The van der Waals surface area contributed by atoms with Crippen LogP contribution in [0.2, 0.25) is 0 Å². The minimum atomic E-state index is -1.08. The molecular weight excluding hydrogens is 366 g/mol. The molecule has 1 unspecified atom stereocenters. The summed E-state index contributed by atoms with van der Waals surface area (Å²) < 4.78 is 0. The minimum absolute atomic E-state index is 0.0184. The fourth-order valence-electron chi connectivity index (χ4n) is 2.54. The Bertz CT molecular complexity index is 535. The number of aliphatic hydroxyl groups excluding tert-OH is 1. The normalized spacial score (nSPS) is 13.2. The molecule has 0 aromatic heterocycles. The predicted molar refractivity (Wildman–Crippen MR) is 120 cm³/mol. The van der Waals surface area contributed by atoms with Crippen LogP contribution in [0.4, 0.5) is 0 Å². The van der Waals surface area contributed by atoms with E-state index in [9.17, 15) is 14.7 Å². The number of nitrogens with one attached hydrogen (secondary N) is 1. The summed E-state index contributed by atoms with van der Waals surface area (Å²) in [6, 6.07) is 0. The molecule has 0 heterocycles. The molecule has 164 valence electrons. The van der Waals surface area contributed by atoms with E-state index >= 15 is 0 Å². The van der Waals surface area contributed by atoms with Gasteiger partial charge in [0.05, 0.1) is 12.5 Å². The number of hydrogen-bond donors (Lipinski definition) is 3. The number of aliphatic carboxylic acids is 1. The van der Waals surface area contributed by atoms with Crippen molar-refractivity contribution in [3.63, 3.8) is 0 Å². The molecule has 1 amide bonds. The van der Waals surface area contributed by atoms with E-state index in [-0.39, 0.29) is 18.9 Å². The quantitative estimate of drug-likeness (QED) is 0.219. The van der Waals surface area contributed by atoms with Gasteiger partial charge in [-0.15, -0.1) is 0 Å². The van der Waals surface area contributed by atoms with Crippen LogP contribution in [0.5, 0.6) is 0 Å². The zero-order valence-corrected chi connectivity index (χ0v) is 17.9. The van der Waals surface area contributed by atoms with Crippen molar-refractivity contribution in [3.05, 3.63) is 48.6 Å². The van der Waals surface area contributed by atoms with Crippen LogP contribution >= 0.6 is 0 Å². The number of carbonyl (C=O) groups is 2. The summed E-state index contributed by atoms with van der Waals surface area (Å²) in [7, 11) is 0. The van der Waals surface area contributed by atoms with E-state index in [1.54, 1.807) is 0 Å². The average Bonchev–Trinajstić information content (AvgIpc) is 2.68. The molecule has 5 heteroatoms. The largest absolute Gasteiger partial charge is 0.481 e. The van der Waals surface area contributed by atoms with Crippen LogP contribution in [-0.4, -0.2) is 34.7 Å². The first-order valence-electron chi connectivity index (χ1n) is 10.8. The first-order valence-corrected chi connectivity index (χ1v) is 10.8. The number of aliphatic hydroxyl groups is 1. The van der Waals surface area contributed by atoms with Gasteiger partial charge in [0.2, 0.25) is 5.91 Å². The van der Waals surface area contributed by atoms with Crippen LogP contribution in [0.1, 0.15) is 77.6 Å². The molecule has 3 N–H and O–H groups in total. The highest BCUT2D eigenvalue weighted by molar-refractivity contribution is 5.76. The third-order valence-corrected chi connectivity index (χ3v) is 4.18. The van der Waals surface area contributed by atoms with Gasteiger partial charge in [0.1, 0.15) is 0 Å². The molecule has 0 spiro atoms. The minimum Gasteiger partial charge on any atom is -0.481 e. The monoisotopic (exact) mass is 405 g/mol. The lowest BCUT2D eigenvalue weighted by Gasteiger charge is -2.09. The van der Waals surface area contributed by atoms with Crippen LogP contribution in [0.25, 0.3) is 0 Å². The highest BCUT2D eigenvalue weighted by Crippen LogP contribution is 2.01. The third kappa shape index (κ3) is 22.0. The molecule has 29 heavy (non-hydrogen) atoms. The maximum Gasteiger partial charge on any atom is 0.306 e. The van der Waals surface area contributed by atoms with Gasteiger partial charge in [-0.2, -0.15) is 0 Å². The van der Waals surface area contributed by atoms with E-state index in [1.807, 2.05) is 0 Å². The van der Waals surface area contributed by atoms with Crippen molar-refractivity contribution in [2.24, 2.45) is 0 Å². The van der Waals surface area contributed by atoms with Crippen molar-refractivity contribution >= 4 is 11.9 Å². The van der Waals surface area contributed by atoms with Crippen molar-refractivity contribution in [2.75, 3.05) is 6.54 Å². The number of rotatable bonds is 18. The van der Waals surface area contributed by atoms with Gasteiger partial charge in [-0.25, -0.2) is 0 Å². The van der Waals surface area contributed by atoms with Crippen molar-refractivity contribution in [2.45, 2.75) is 83.7 Å². The van der Waals surface area contributed by atoms with Gasteiger partial charge >= 0.3 is 5.97 Å². The second-order valence-corrected chi connectivity index (χ2v) is 7.04. The molecule has 0 aliphatic rings. The number of amides is 1. The van der Waals surface area contributed by atoms with E-state index in [4.69, 9.17) is 5.11 Å². The number of hydrogen-bond acceptors (Lipinski definition) is 3. The lowest BCUT2D eigenvalue weighted by molar-refractivity contribution is -0.139. The van der Waals surface area contributed by atoms with E-state index in [0.29, 0.717) is 6.42 Å². The summed E-state index contributed by atoms with van der Waals surface area (Å²) in [6.07, 6.45) is 25.8. The van der Waals surface area contributed by atoms with Gasteiger partial charge in [0.25, 0.3) is 0 Å². The predicted octanol–water partition coefficient (Wildman–Crippen LogP) is 5.08. The molecule has 0 radical (unpaired) electrons. The molecule has 0 aliphatic carbocycles. The van der Waals surface area contributed by atoms with Crippen LogP contribution in [-0.2, 0) is 9.59 Å². The first-order chi connectivity index (χ1) is 14.1. The van der Waals surface area contributed by atoms with Gasteiger partial charge < -0.3 is 15.5 Å². The molecule has 0 aromatic rings. The van der Waals surface area contributed by atoms with Crippen LogP contribution in [0.3, 0.4) is 0 Å². The van der Waals surface area contributed by atoms with Crippen LogP contribution < -0.4 is 5.32 Å². The highest BCUT2D eigenvalue weighted by Gasteiger charge is 2.10. The van der Waals surface area contributed by atoms with Gasteiger partial charge in [0, 0.05) is 13.0 Å². The molecule has 0 aliphatic heterocycles. The Hall–Kier alpha value is -2.14. The fourth-order valence-corrected chi connectivity index (χ4v) is 2.54. The molecule has 0 rings (SSSR count). The van der Waals surface area contributed by atoms with E-state index in [2.05, 4.69) is 60.8 Å². The second-order valence-electron chi connectivity index (χ2n) is 7.04. The van der Waals surface area contributed by atoms with Crippen molar-refractivity contribution in [1.82, 2.24) is 5.32 Å². The smallest absolute Gasteiger partial charge is 0.306 e. The zero-order chi connectivity index (χ0) is 21.6. The van der Waals surface area contributed by atoms with Crippen LogP contribution in [0, 0.1) is 0 Å². The summed E-state index contributed by atoms with van der Waals surface area (Å²) in [5.41, 5.74) is 0. The second kappa shape index (κ2) is 20.6. The molecular formula is C24H39NO4. The van der Waals surface area contributed by atoms with Gasteiger partial charge in [-0.05, 0) is 44.9 Å². The van der Waals surface area contributed by atoms with Gasteiger partial charge in [-0.1, -0.05) is 68.4 Å². The van der Waals surface area contributed by atoms with Crippen molar-refractivity contribution in [3.8, 4) is 0 Å². The van der Waals surface area contributed by atoms with Gasteiger partial charge in [-0.3, -0.25) is 9.59 Å². The maximum absolute atomic E-state index is 11.6. The number of allylic oxidation sites excluding steroid dienone is 8. The summed E-state index contributed by atoms with van der Waals surface area (Å²) in [5.74, 6) is -1.24. The van der Waals surface area contributed by atoms with Crippen LogP contribution in [0.15, 0.2) is 48.6 Å². The number of unbranched alkanes of at least 4 members (excludes halogenated alkanes) is 4. The topological polar surface area (TPSA) is 86.6 Å². The summed E-state index contributed by atoms with van der Waals surface area (Å²) >= 11 is 0. The van der Waals surface area contributed by atoms with E-state index in [0.717, 1.165) is 32.1 Å². The Morgan fingerprint density at radius 3 is 1.86 bits per heavy atom. The van der Waals surface area contributed by atoms with E-state index in [1.165, 1.54) is 25.7 Å². The lowest BCUT2D eigenvalue weighted by atomic mass is 10.2. The highest BCUT2D eigenvalue weighted by atomic mass is 16.4. The zero-order valence-electron chi connectivity index (χ0n) is 17.9. The van der Waals surface area contributed by atoms with E-state index < -0.39 is 12.1 Å². The Balaban J connectivity index is 3.55. The Labute approximate surface area is 176 Å². The summed E-state index contributed by atoms with van der Waals surface area (Å²) in [5, 5.41) is 20.4. The SMILES string of the molecule is CCCCC/C=C\C/C=C\C/C=C\C/C=C\CCCC(=O)NCC(O)CC(=O)O.